The third kappa shape index (κ3) is 6.42. The number of nitrogens with one attached hydrogen (secondary N) is 1. The molecule has 1 heterocycles. The fourth-order valence-electron chi connectivity index (χ4n) is 3.33. The first-order valence-electron chi connectivity index (χ1n) is 9.85. The summed E-state index contributed by atoms with van der Waals surface area (Å²) < 4.78 is 5.26. The maximum absolute atomic E-state index is 13.1. The summed E-state index contributed by atoms with van der Waals surface area (Å²) in [7, 11) is 0. The van der Waals surface area contributed by atoms with E-state index in [1.807, 2.05) is 44.2 Å². The monoisotopic (exact) mass is 389 g/mol. The lowest BCUT2D eigenvalue weighted by molar-refractivity contribution is -0.129. The van der Waals surface area contributed by atoms with E-state index in [2.05, 4.69) is 5.32 Å². The molecule has 0 aliphatic carbocycles. The summed E-state index contributed by atoms with van der Waals surface area (Å²) in [6.07, 6.45) is 1.34. The van der Waals surface area contributed by atoms with Crippen LogP contribution in [0.3, 0.4) is 0 Å². The predicted molar refractivity (Wildman–Crippen MR) is 107 cm³/mol. The van der Waals surface area contributed by atoms with Crippen LogP contribution < -0.4 is 11.1 Å². The molecule has 1 aliphatic heterocycles. The summed E-state index contributed by atoms with van der Waals surface area (Å²) in [4.78, 5) is 38.9. The van der Waals surface area contributed by atoms with E-state index in [9.17, 15) is 14.4 Å². The van der Waals surface area contributed by atoms with Gasteiger partial charge >= 0.3 is 6.03 Å². The van der Waals surface area contributed by atoms with Crippen LogP contribution in [0.2, 0.25) is 0 Å². The van der Waals surface area contributed by atoms with E-state index < -0.39 is 18.0 Å². The van der Waals surface area contributed by atoms with Gasteiger partial charge in [-0.3, -0.25) is 4.79 Å². The van der Waals surface area contributed by atoms with Crippen molar-refractivity contribution in [3.05, 3.63) is 35.9 Å². The maximum Gasteiger partial charge on any atom is 0.318 e. The summed E-state index contributed by atoms with van der Waals surface area (Å²) in [5, 5.41) is 2.83. The minimum Gasteiger partial charge on any atom is -0.378 e. The second-order valence-electron chi connectivity index (χ2n) is 7.63. The van der Waals surface area contributed by atoms with Gasteiger partial charge < -0.3 is 25.5 Å². The SMILES string of the molecule is CC(C)C[C@H](NC(=O)N1CCOCC1)C(=O)C(C=O)CC(N)c1ccccc1. The topological polar surface area (TPSA) is 102 Å². The normalized spacial score (nSPS) is 17.6. The van der Waals surface area contributed by atoms with E-state index in [1.54, 1.807) is 4.90 Å². The maximum atomic E-state index is 13.1. The highest BCUT2D eigenvalue weighted by Crippen LogP contribution is 2.21. The molecule has 7 nitrogen and oxygen atoms in total. The second-order valence-corrected chi connectivity index (χ2v) is 7.63. The molecule has 1 aromatic carbocycles. The minimum atomic E-state index is -0.857. The molecule has 2 rings (SSSR count). The Kier molecular flexibility index (Phi) is 8.60. The Morgan fingerprint density at radius 2 is 1.82 bits per heavy atom. The molecule has 0 bridgehead atoms. The molecule has 7 heteroatoms. The van der Waals surface area contributed by atoms with Crippen LogP contribution >= 0.6 is 0 Å². The Hall–Kier alpha value is -2.25. The van der Waals surface area contributed by atoms with Crippen LogP contribution in [0.5, 0.6) is 0 Å². The van der Waals surface area contributed by atoms with Crippen molar-refractivity contribution in [1.82, 2.24) is 10.2 Å². The van der Waals surface area contributed by atoms with Crippen molar-refractivity contribution >= 4 is 18.1 Å². The Bertz CT molecular complexity index is 644. The number of nitrogens with zero attached hydrogens (tertiary/aromatic N) is 1. The molecule has 2 amide bonds. The highest BCUT2D eigenvalue weighted by atomic mass is 16.5. The number of amides is 2. The molecule has 1 saturated heterocycles. The van der Waals surface area contributed by atoms with Crippen molar-refractivity contribution < 1.29 is 19.1 Å². The van der Waals surface area contributed by atoms with Crippen molar-refractivity contribution in [2.24, 2.45) is 17.6 Å². The average molecular weight is 389 g/mol. The van der Waals surface area contributed by atoms with Gasteiger partial charge in [0.15, 0.2) is 5.78 Å². The number of ether oxygens (including phenoxy) is 1. The highest BCUT2D eigenvalue weighted by molar-refractivity contribution is 5.98. The Morgan fingerprint density at radius 3 is 2.39 bits per heavy atom. The zero-order valence-corrected chi connectivity index (χ0v) is 16.7. The van der Waals surface area contributed by atoms with Gasteiger partial charge in [-0.25, -0.2) is 4.79 Å². The number of carbonyl (C=O) groups excluding carboxylic acids is 3. The van der Waals surface area contributed by atoms with Crippen molar-refractivity contribution in [2.45, 2.75) is 38.8 Å². The van der Waals surface area contributed by atoms with Crippen LogP contribution in [-0.4, -0.2) is 55.3 Å². The summed E-state index contributed by atoms with van der Waals surface area (Å²) >= 11 is 0. The van der Waals surface area contributed by atoms with E-state index in [-0.39, 0.29) is 24.2 Å². The lowest BCUT2D eigenvalue weighted by atomic mass is 9.87. The number of hydrogen-bond acceptors (Lipinski definition) is 5. The van der Waals surface area contributed by atoms with E-state index >= 15 is 0 Å². The largest absolute Gasteiger partial charge is 0.378 e. The summed E-state index contributed by atoms with van der Waals surface area (Å²) in [5.41, 5.74) is 7.08. The van der Waals surface area contributed by atoms with Gasteiger partial charge in [0.1, 0.15) is 6.29 Å². The number of aldehydes is 1. The number of carbonyl (C=O) groups is 3. The molecule has 3 N–H and O–H groups in total. The quantitative estimate of drug-likeness (QED) is 0.496. The molecular weight excluding hydrogens is 358 g/mol. The molecule has 0 saturated carbocycles. The molecule has 1 aromatic rings. The Balaban J connectivity index is 2.05. The van der Waals surface area contributed by atoms with Gasteiger partial charge in [0.25, 0.3) is 0 Å². The van der Waals surface area contributed by atoms with Crippen molar-refractivity contribution in [3.8, 4) is 0 Å². The van der Waals surface area contributed by atoms with Gasteiger partial charge in [-0.1, -0.05) is 44.2 Å². The molecular formula is C21H31N3O4. The molecule has 0 aromatic heterocycles. The van der Waals surface area contributed by atoms with E-state index in [4.69, 9.17) is 10.5 Å². The Labute approximate surface area is 166 Å². The van der Waals surface area contributed by atoms with Crippen LogP contribution in [0.15, 0.2) is 30.3 Å². The predicted octanol–water partition coefficient (Wildman–Crippen LogP) is 1.92. The standard InChI is InChI=1S/C21H31N3O4/c1-15(2)12-19(23-21(27)24-8-10-28-11-9-24)20(26)17(14-25)13-18(22)16-6-4-3-5-7-16/h3-7,14-15,17-19H,8-13,22H2,1-2H3,(H,23,27)/t17?,18?,19-/m0/s1. The first-order chi connectivity index (χ1) is 13.4. The van der Waals surface area contributed by atoms with E-state index in [0.29, 0.717) is 39.0 Å². The molecule has 0 radical (unpaired) electrons. The van der Waals surface area contributed by atoms with Gasteiger partial charge in [-0.2, -0.15) is 0 Å². The van der Waals surface area contributed by atoms with Crippen molar-refractivity contribution in [2.75, 3.05) is 26.3 Å². The van der Waals surface area contributed by atoms with Gasteiger partial charge in [-0.15, -0.1) is 0 Å². The average Bonchev–Trinajstić information content (AvgIpc) is 2.71. The number of urea groups is 1. The van der Waals surface area contributed by atoms with Crippen LogP contribution in [0.25, 0.3) is 0 Å². The van der Waals surface area contributed by atoms with E-state index in [1.165, 1.54) is 0 Å². The molecule has 2 unspecified atom stereocenters. The highest BCUT2D eigenvalue weighted by Gasteiger charge is 2.31. The molecule has 28 heavy (non-hydrogen) atoms. The number of benzene rings is 1. The van der Waals surface area contributed by atoms with Crippen LogP contribution in [-0.2, 0) is 14.3 Å². The van der Waals surface area contributed by atoms with Gasteiger partial charge in [0, 0.05) is 19.1 Å². The summed E-state index contributed by atoms with van der Waals surface area (Å²) in [6.45, 7) is 5.91. The lowest BCUT2D eigenvalue weighted by Gasteiger charge is -2.30. The van der Waals surface area contributed by atoms with Crippen LogP contribution in [0.1, 0.15) is 38.3 Å². The molecule has 1 fully saturated rings. The molecule has 0 spiro atoms. The van der Waals surface area contributed by atoms with E-state index in [0.717, 1.165) is 5.56 Å². The van der Waals surface area contributed by atoms with Gasteiger partial charge in [0.05, 0.1) is 25.2 Å². The number of morpholine rings is 1. The Morgan fingerprint density at radius 1 is 1.18 bits per heavy atom. The zero-order valence-electron chi connectivity index (χ0n) is 16.7. The molecule has 1 aliphatic rings. The smallest absolute Gasteiger partial charge is 0.318 e. The first kappa shape index (κ1) is 22.0. The summed E-state index contributed by atoms with van der Waals surface area (Å²) in [5.74, 6) is -0.949. The lowest BCUT2D eigenvalue weighted by Crippen LogP contribution is -2.52. The molecule has 3 atom stereocenters. The summed E-state index contributed by atoms with van der Waals surface area (Å²) in [6, 6.07) is 7.96. The molecule has 154 valence electrons. The number of ketones is 1. The fraction of sp³-hybridized carbons (Fsp3) is 0.571. The number of rotatable bonds is 9. The fourth-order valence-corrected chi connectivity index (χ4v) is 3.33. The van der Waals surface area contributed by atoms with Crippen LogP contribution in [0, 0.1) is 11.8 Å². The van der Waals surface area contributed by atoms with Crippen molar-refractivity contribution in [1.29, 1.82) is 0 Å². The third-order valence-corrected chi connectivity index (χ3v) is 4.91. The third-order valence-electron chi connectivity index (χ3n) is 4.91. The number of hydrogen-bond donors (Lipinski definition) is 2. The zero-order chi connectivity index (χ0) is 20.5. The van der Waals surface area contributed by atoms with Gasteiger partial charge in [0.2, 0.25) is 0 Å². The first-order valence-corrected chi connectivity index (χ1v) is 9.85. The van der Waals surface area contributed by atoms with Crippen molar-refractivity contribution in [3.63, 3.8) is 0 Å². The minimum absolute atomic E-state index is 0.189. The number of Topliss-reactive ketones (excluding diaryl/α,β-unsaturated/α-hetero) is 1. The van der Waals surface area contributed by atoms with Gasteiger partial charge in [-0.05, 0) is 24.3 Å². The van der Waals surface area contributed by atoms with Crippen LogP contribution in [0.4, 0.5) is 4.79 Å². The second kappa shape index (κ2) is 10.9. The number of nitrogens with two attached hydrogens (primary N) is 1.